The number of anilines is 1. The third-order valence-electron chi connectivity index (χ3n) is 8.47. The van der Waals surface area contributed by atoms with E-state index >= 15 is 0 Å². The predicted octanol–water partition coefficient (Wildman–Crippen LogP) is 8.13. The summed E-state index contributed by atoms with van der Waals surface area (Å²) < 4.78 is 26.1. The van der Waals surface area contributed by atoms with E-state index in [1.165, 1.54) is 49.2 Å². The lowest BCUT2D eigenvalue weighted by Crippen LogP contribution is -2.33. The molecule has 4 aromatic carbocycles. The van der Waals surface area contributed by atoms with Crippen molar-refractivity contribution in [3.63, 3.8) is 0 Å². The second-order valence-electron chi connectivity index (χ2n) is 11.3. The van der Waals surface area contributed by atoms with Crippen LogP contribution in [-0.4, -0.2) is 31.1 Å². The molecule has 2 aliphatic rings. The number of ether oxygens (including phenoxy) is 2. The molecule has 6 rings (SSSR count). The number of piperidine rings is 1. The van der Waals surface area contributed by atoms with Gasteiger partial charge in [0.05, 0.1) is 6.04 Å². The summed E-state index contributed by atoms with van der Waals surface area (Å²) in [6, 6.07) is 32.2. The number of fused-ring (bicyclic) bond motifs is 1. The van der Waals surface area contributed by atoms with Gasteiger partial charge >= 0.3 is 0 Å². The molecule has 1 fully saturated rings. The van der Waals surface area contributed by atoms with E-state index in [1.54, 1.807) is 12.1 Å². The number of hydrogen-bond donors (Lipinski definition) is 0. The molecule has 2 heterocycles. The zero-order valence-electron chi connectivity index (χ0n) is 23.8. The lowest BCUT2D eigenvalue weighted by atomic mass is 9.91. The molecule has 2 unspecified atom stereocenters. The summed E-state index contributed by atoms with van der Waals surface area (Å²) in [5, 5.41) is 0. The van der Waals surface area contributed by atoms with Crippen LogP contribution in [0.25, 0.3) is 0 Å². The van der Waals surface area contributed by atoms with Crippen molar-refractivity contribution in [2.45, 2.75) is 51.3 Å². The lowest BCUT2D eigenvalue weighted by molar-refractivity contribution is 0.183. The van der Waals surface area contributed by atoms with Gasteiger partial charge in [-0.25, -0.2) is 4.39 Å². The zero-order valence-corrected chi connectivity index (χ0v) is 23.8. The summed E-state index contributed by atoms with van der Waals surface area (Å²) in [5.74, 6) is 1.78. The van der Waals surface area contributed by atoms with Crippen molar-refractivity contribution in [3.8, 4) is 11.5 Å². The van der Waals surface area contributed by atoms with E-state index < -0.39 is 0 Å². The fourth-order valence-corrected chi connectivity index (χ4v) is 6.25. The van der Waals surface area contributed by atoms with Crippen LogP contribution in [0.3, 0.4) is 0 Å². The van der Waals surface area contributed by atoms with Crippen molar-refractivity contribution in [3.05, 3.63) is 125 Å². The summed E-state index contributed by atoms with van der Waals surface area (Å²) in [7, 11) is 0. The Hall–Kier alpha value is -3.83. The minimum absolute atomic E-state index is 0.0930. The molecule has 0 aromatic heterocycles. The molecule has 4 nitrogen and oxygen atoms in total. The average Bonchev–Trinajstić information content (AvgIpc) is 3.28. The largest absolute Gasteiger partial charge is 0.492 e. The molecule has 0 amide bonds. The first-order chi connectivity index (χ1) is 20.1. The van der Waals surface area contributed by atoms with E-state index in [4.69, 9.17) is 9.47 Å². The maximum atomic E-state index is 13.8. The fraction of sp³-hybridized carbons (Fsp3) is 0.333. The first-order valence-corrected chi connectivity index (χ1v) is 14.9. The van der Waals surface area contributed by atoms with E-state index in [1.807, 2.05) is 30.3 Å². The molecule has 0 saturated carbocycles. The van der Waals surface area contributed by atoms with Gasteiger partial charge in [-0.05, 0) is 90.6 Å². The molecule has 0 spiro atoms. The summed E-state index contributed by atoms with van der Waals surface area (Å²) in [6.45, 7) is 7.62. The second-order valence-corrected chi connectivity index (χ2v) is 11.3. The molecule has 41 heavy (non-hydrogen) atoms. The maximum Gasteiger partial charge on any atom is 0.123 e. The van der Waals surface area contributed by atoms with Crippen LogP contribution in [0.5, 0.6) is 11.5 Å². The smallest absolute Gasteiger partial charge is 0.123 e. The van der Waals surface area contributed by atoms with Gasteiger partial charge in [0.25, 0.3) is 0 Å². The average molecular weight is 551 g/mol. The standard InChI is InChI=1S/C36H39FN2O2/c1-27-34-24-33(41-26-29-8-4-2-5-9-29)18-19-35(34)39(36(27)30-12-14-31(37)15-13-30)25-28-10-16-32(17-11-28)40-23-22-38-20-6-3-7-21-38/h2,4-5,8-19,24,27,36H,3,6-7,20-23,25-26H2,1H3. The van der Waals surface area contributed by atoms with Gasteiger partial charge in [0.1, 0.15) is 30.5 Å². The van der Waals surface area contributed by atoms with Gasteiger partial charge in [0, 0.05) is 24.7 Å². The lowest BCUT2D eigenvalue weighted by Gasteiger charge is -2.30. The van der Waals surface area contributed by atoms with Crippen LogP contribution < -0.4 is 14.4 Å². The topological polar surface area (TPSA) is 24.9 Å². The van der Waals surface area contributed by atoms with Crippen LogP contribution in [0.2, 0.25) is 0 Å². The highest BCUT2D eigenvalue weighted by atomic mass is 19.1. The molecule has 2 atom stereocenters. The SMILES string of the molecule is CC1c2cc(OCc3ccccc3)ccc2N(Cc2ccc(OCCN3CCCCC3)cc2)C1c1ccc(F)cc1. The second kappa shape index (κ2) is 12.8. The first-order valence-electron chi connectivity index (χ1n) is 14.9. The zero-order chi connectivity index (χ0) is 28.0. The number of rotatable bonds is 10. The summed E-state index contributed by atoms with van der Waals surface area (Å²) in [5.41, 5.74) is 5.92. The van der Waals surface area contributed by atoms with E-state index in [2.05, 4.69) is 71.3 Å². The summed E-state index contributed by atoms with van der Waals surface area (Å²) in [6.07, 6.45) is 3.95. The Balaban J connectivity index is 1.18. The van der Waals surface area contributed by atoms with E-state index in [0.717, 1.165) is 42.3 Å². The van der Waals surface area contributed by atoms with Crippen LogP contribution >= 0.6 is 0 Å². The van der Waals surface area contributed by atoms with Crippen molar-refractivity contribution in [1.82, 2.24) is 4.90 Å². The molecule has 1 saturated heterocycles. The van der Waals surface area contributed by atoms with Gasteiger partial charge in [-0.1, -0.05) is 67.9 Å². The molecule has 0 N–H and O–H groups in total. The van der Waals surface area contributed by atoms with Crippen LogP contribution in [0.1, 0.15) is 60.4 Å². The van der Waals surface area contributed by atoms with Crippen LogP contribution in [0, 0.1) is 5.82 Å². The molecular weight excluding hydrogens is 511 g/mol. The van der Waals surface area contributed by atoms with E-state index in [-0.39, 0.29) is 17.8 Å². The van der Waals surface area contributed by atoms with Crippen LogP contribution in [-0.2, 0) is 13.2 Å². The molecule has 0 radical (unpaired) electrons. The number of likely N-dealkylation sites (tertiary alicyclic amines) is 1. The Bertz CT molecular complexity index is 1400. The molecule has 4 aromatic rings. The summed E-state index contributed by atoms with van der Waals surface area (Å²) >= 11 is 0. The van der Waals surface area contributed by atoms with Gasteiger partial charge in [-0.15, -0.1) is 0 Å². The minimum Gasteiger partial charge on any atom is -0.492 e. The molecule has 0 aliphatic carbocycles. The predicted molar refractivity (Wildman–Crippen MR) is 163 cm³/mol. The van der Waals surface area contributed by atoms with Gasteiger partial charge in [-0.3, -0.25) is 4.90 Å². The van der Waals surface area contributed by atoms with E-state index in [9.17, 15) is 4.39 Å². The van der Waals surface area contributed by atoms with Gasteiger partial charge in [0.15, 0.2) is 0 Å². The normalized spacial score (nSPS) is 18.7. The Kier molecular flexibility index (Phi) is 8.52. The number of nitrogens with zero attached hydrogens (tertiary/aromatic N) is 2. The van der Waals surface area contributed by atoms with Crippen molar-refractivity contribution in [2.75, 3.05) is 31.1 Å². The Morgan fingerprint density at radius 1 is 0.756 bits per heavy atom. The fourth-order valence-electron chi connectivity index (χ4n) is 6.25. The van der Waals surface area contributed by atoms with Crippen molar-refractivity contribution in [1.29, 1.82) is 0 Å². The highest BCUT2D eigenvalue weighted by Gasteiger charge is 2.37. The number of halogens is 1. The molecular formula is C36H39FN2O2. The third-order valence-corrected chi connectivity index (χ3v) is 8.47. The Morgan fingerprint density at radius 3 is 2.24 bits per heavy atom. The Morgan fingerprint density at radius 2 is 1.49 bits per heavy atom. The van der Waals surface area contributed by atoms with Gasteiger partial charge in [-0.2, -0.15) is 0 Å². The highest BCUT2D eigenvalue weighted by molar-refractivity contribution is 5.65. The summed E-state index contributed by atoms with van der Waals surface area (Å²) in [4.78, 5) is 4.94. The van der Waals surface area contributed by atoms with Crippen molar-refractivity contribution in [2.24, 2.45) is 0 Å². The third kappa shape index (κ3) is 6.57. The van der Waals surface area contributed by atoms with E-state index in [0.29, 0.717) is 6.61 Å². The molecule has 5 heteroatoms. The maximum absolute atomic E-state index is 13.8. The minimum atomic E-state index is -0.212. The number of benzene rings is 4. The molecule has 2 aliphatic heterocycles. The molecule has 0 bridgehead atoms. The van der Waals surface area contributed by atoms with Gasteiger partial charge < -0.3 is 14.4 Å². The van der Waals surface area contributed by atoms with Crippen molar-refractivity contribution >= 4 is 5.69 Å². The van der Waals surface area contributed by atoms with Gasteiger partial charge in [0.2, 0.25) is 0 Å². The monoisotopic (exact) mass is 550 g/mol. The first kappa shape index (κ1) is 27.3. The highest BCUT2D eigenvalue weighted by Crippen LogP contribution is 2.50. The number of hydrogen-bond acceptors (Lipinski definition) is 4. The van der Waals surface area contributed by atoms with Crippen LogP contribution in [0.15, 0.2) is 97.1 Å². The van der Waals surface area contributed by atoms with Crippen molar-refractivity contribution < 1.29 is 13.9 Å². The quantitative estimate of drug-likeness (QED) is 0.199. The molecule has 212 valence electrons. The van der Waals surface area contributed by atoms with Crippen LogP contribution in [0.4, 0.5) is 10.1 Å². The Labute approximate surface area is 243 Å².